The van der Waals surface area contributed by atoms with Crippen molar-refractivity contribution in [2.45, 2.75) is 98.5 Å². The molecule has 4 aromatic rings. The van der Waals surface area contributed by atoms with E-state index in [-0.39, 0.29) is 18.3 Å². The Bertz CT molecular complexity index is 1530. The summed E-state index contributed by atoms with van der Waals surface area (Å²) in [4.78, 5) is 17.8. The van der Waals surface area contributed by atoms with Crippen molar-refractivity contribution in [3.63, 3.8) is 0 Å². The highest BCUT2D eigenvalue weighted by Gasteiger charge is 2.27. The Balaban J connectivity index is 1.87. The van der Waals surface area contributed by atoms with Gasteiger partial charge in [0.05, 0.1) is 29.5 Å². The van der Waals surface area contributed by atoms with Crippen LogP contribution in [-0.4, -0.2) is 50.9 Å². The Morgan fingerprint density at radius 2 is 1.66 bits per heavy atom. The standard InChI is InChI=1S/C35H49N5O3S/c1-6-10-14-26(15-11-7-2)33(42)32-29(23-27-17-19-31(44-27)39(20-12-8-3)21-13-9-4)35-37-36-34(40(35)38-32)28-22-25(24-41)16-18-30(28)43-5/h16-19,22-23,26,41H,6-15,20-21,24H2,1-5H3/b29-23-. The predicted molar refractivity (Wildman–Crippen MR) is 181 cm³/mol. The van der Waals surface area contributed by atoms with Gasteiger partial charge in [0.25, 0.3) is 0 Å². The number of aliphatic hydroxyl groups is 1. The number of aliphatic hydroxyl groups excluding tert-OH is 1. The highest BCUT2D eigenvalue weighted by Crippen LogP contribution is 2.31. The number of fused-ring (bicyclic) bond motifs is 1. The summed E-state index contributed by atoms with van der Waals surface area (Å²) in [5, 5.41) is 25.8. The first-order valence-electron chi connectivity index (χ1n) is 16.4. The molecular weight excluding hydrogens is 570 g/mol. The third-order valence-corrected chi connectivity index (χ3v) is 9.31. The smallest absolute Gasteiger partial charge is 0.189 e. The van der Waals surface area contributed by atoms with E-state index in [0.717, 1.165) is 87.7 Å². The number of carbonyl (C=O) groups is 1. The molecule has 0 saturated carbocycles. The van der Waals surface area contributed by atoms with Crippen molar-refractivity contribution in [1.82, 2.24) is 19.8 Å². The quantitative estimate of drug-likeness (QED) is 0.109. The highest BCUT2D eigenvalue weighted by molar-refractivity contribution is 7.16. The molecule has 0 radical (unpaired) electrons. The number of unbranched alkanes of at least 4 members (excludes halogenated alkanes) is 4. The van der Waals surface area contributed by atoms with Gasteiger partial charge in [-0.1, -0.05) is 72.3 Å². The summed E-state index contributed by atoms with van der Waals surface area (Å²) >= 11 is 1.75. The number of hydrogen-bond donors (Lipinski definition) is 1. The van der Waals surface area contributed by atoms with E-state index < -0.39 is 0 Å². The summed E-state index contributed by atoms with van der Waals surface area (Å²) in [6.07, 6.45) is 12.5. The van der Waals surface area contributed by atoms with Gasteiger partial charge in [-0.15, -0.1) is 21.5 Å². The molecule has 238 valence electrons. The first kappa shape index (κ1) is 33.6. The van der Waals surface area contributed by atoms with Gasteiger partial charge in [0.15, 0.2) is 17.3 Å². The second-order valence-electron chi connectivity index (χ2n) is 11.6. The third-order valence-electron chi connectivity index (χ3n) is 8.21. The van der Waals surface area contributed by atoms with E-state index >= 15 is 0 Å². The van der Waals surface area contributed by atoms with Crippen molar-refractivity contribution in [2.24, 2.45) is 5.92 Å². The van der Waals surface area contributed by atoms with Gasteiger partial charge in [-0.25, -0.2) is 0 Å². The zero-order valence-corrected chi connectivity index (χ0v) is 28.0. The zero-order valence-electron chi connectivity index (χ0n) is 27.1. The van der Waals surface area contributed by atoms with Crippen molar-refractivity contribution in [3.8, 4) is 17.1 Å². The molecule has 3 aromatic heterocycles. The molecular formula is C35H49N5O3S. The number of hydrogen-bond acceptors (Lipinski definition) is 8. The molecule has 44 heavy (non-hydrogen) atoms. The minimum atomic E-state index is -0.110. The summed E-state index contributed by atoms with van der Waals surface area (Å²) in [5.41, 5.74) is 2.40. The molecule has 0 amide bonds. The molecule has 1 N–H and O–H groups in total. The number of ketones is 1. The maximum absolute atomic E-state index is 14.2. The van der Waals surface area contributed by atoms with Gasteiger partial charge in [0.1, 0.15) is 11.4 Å². The van der Waals surface area contributed by atoms with E-state index in [2.05, 4.69) is 61.0 Å². The van der Waals surface area contributed by atoms with E-state index in [9.17, 15) is 9.90 Å². The number of rotatable bonds is 19. The fraction of sp³-hybridized carbons (Fsp3) is 0.543. The van der Waals surface area contributed by atoms with E-state index in [0.29, 0.717) is 33.7 Å². The Labute approximate surface area is 266 Å². The first-order chi connectivity index (χ1) is 21.5. The van der Waals surface area contributed by atoms with Crippen LogP contribution in [0.5, 0.6) is 5.75 Å². The van der Waals surface area contributed by atoms with Crippen molar-refractivity contribution in [3.05, 3.63) is 51.7 Å². The van der Waals surface area contributed by atoms with Crippen LogP contribution in [0.2, 0.25) is 0 Å². The lowest BCUT2D eigenvalue weighted by atomic mass is 9.90. The monoisotopic (exact) mass is 619 g/mol. The summed E-state index contributed by atoms with van der Waals surface area (Å²) in [6.45, 7) is 10.8. The van der Waals surface area contributed by atoms with Crippen molar-refractivity contribution in [2.75, 3.05) is 25.1 Å². The topological polar surface area (TPSA) is 92.9 Å². The number of carbonyl (C=O) groups excluding carboxylic acids is 1. The fourth-order valence-electron chi connectivity index (χ4n) is 5.58. The number of methoxy groups -OCH3 is 1. The molecule has 0 unspecified atom stereocenters. The van der Waals surface area contributed by atoms with Gasteiger partial charge in [-0.2, -0.15) is 9.61 Å². The molecule has 4 rings (SSSR count). The lowest BCUT2D eigenvalue weighted by molar-refractivity contribution is 0.0896. The second-order valence-corrected chi connectivity index (χ2v) is 12.7. The number of thiophene rings is 1. The Morgan fingerprint density at radius 1 is 0.977 bits per heavy atom. The van der Waals surface area contributed by atoms with E-state index in [1.54, 1.807) is 23.0 Å². The van der Waals surface area contributed by atoms with Crippen LogP contribution in [0.15, 0.2) is 30.3 Å². The van der Waals surface area contributed by atoms with Crippen LogP contribution in [0.4, 0.5) is 5.00 Å². The van der Waals surface area contributed by atoms with E-state index in [4.69, 9.17) is 9.84 Å². The lowest BCUT2D eigenvalue weighted by Crippen LogP contribution is -2.24. The van der Waals surface area contributed by atoms with Crippen LogP contribution in [0.1, 0.15) is 113 Å². The van der Waals surface area contributed by atoms with Crippen molar-refractivity contribution in [1.29, 1.82) is 0 Å². The normalized spacial score (nSPS) is 12.1. The molecule has 0 aliphatic heterocycles. The average molecular weight is 620 g/mol. The van der Waals surface area contributed by atoms with Gasteiger partial charge >= 0.3 is 0 Å². The van der Waals surface area contributed by atoms with Crippen LogP contribution in [-0.2, 0) is 6.61 Å². The van der Waals surface area contributed by atoms with E-state index in [1.807, 2.05) is 18.2 Å². The fourth-order valence-corrected chi connectivity index (χ4v) is 6.58. The Morgan fingerprint density at radius 3 is 2.27 bits per heavy atom. The Kier molecular flexibility index (Phi) is 12.7. The van der Waals surface area contributed by atoms with Crippen molar-refractivity contribution < 1.29 is 14.6 Å². The number of anilines is 1. The third kappa shape index (κ3) is 7.85. The number of ether oxygens (including phenoxy) is 1. The van der Waals surface area contributed by atoms with Gasteiger partial charge in [-0.3, -0.25) is 4.79 Å². The minimum absolute atomic E-state index is 0.0787. The second kappa shape index (κ2) is 16.7. The molecule has 0 aliphatic rings. The lowest BCUT2D eigenvalue weighted by Gasteiger charge is -2.22. The first-order valence-corrected chi connectivity index (χ1v) is 17.2. The highest BCUT2D eigenvalue weighted by atomic mass is 32.1. The number of benzene rings is 1. The van der Waals surface area contributed by atoms with Crippen LogP contribution in [0, 0.1) is 5.92 Å². The molecule has 0 bridgehead atoms. The molecule has 0 spiro atoms. The molecule has 0 atom stereocenters. The molecule has 1 aromatic carbocycles. The van der Waals surface area contributed by atoms with E-state index in [1.165, 1.54) is 5.00 Å². The summed E-state index contributed by atoms with van der Waals surface area (Å²) < 4.78 is 7.32. The van der Waals surface area contributed by atoms with Crippen molar-refractivity contribution >= 4 is 33.8 Å². The summed E-state index contributed by atoms with van der Waals surface area (Å²) in [6, 6.07) is 9.80. The largest absolute Gasteiger partial charge is 0.496 e. The summed E-state index contributed by atoms with van der Waals surface area (Å²) in [7, 11) is 1.60. The molecule has 0 fully saturated rings. The van der Waals surface area contributed by atoms with Crippen LogP contribution in [0.3, 0.4) is 0 Å². The molecule has 9 heteroatoms. The van der Waals surface area contributed by atoms with Gasteiger partial charge in [0.2, 0.25) is 0 Å². The van der Waals surface area contributed by atoms with Crippen LogP contribution in [0.25, 0.3) is 23.1 Å². The zero-order chi connectivity index (χ0) is 31.5. The minimum Gasteiger partial charge on any atom is -0.496 e. The maximum Gasteiger partial charge on any atom is 0.189 e. The van der Waals surface area contributed by atoms with Gasteiger partial charge in [0, 0.05) is 23.9 Å². The predicted octanol–water partition coefficient (Wildman–Crippen LogP) is 7.49. The van der Waals surface area contributed by atoms with Crippen LogP contribution < -0.4 is 14.9 Å². The Hall–Kier alpha value is -3.30. The van der Waals surface area contributed by atoms with Gasteiger partial charge < -0.3 is 14.7 Å². The number of nitrogens with zero attached hydrogens (tertiary/aromatic N) is 5. The number of Topliss-reactive ketones (excluding diaryl/α,β-unsaturated/α-hetero) is 1. The average Bonchev–Trinajstić information content (AvgIpc) is 3.77. The SMILES string of the molecule is CCCCC(CCCC)C(=O)c1nn2c(-c3cc(CO)ccc3OC)nnc2/c1=C\c1ccc(N(CCCC)CCCC)s1. The van der Waals surface area contributed by atoms with Gasteiger partial charge in [-0.05, 0) is 61.6 Å². The van der Waals surface area contributed by atoms with Crippen LogP contribution >= 0.6 is 11.3 Å². The molecule has 0 aliphatic carbocycles. The molecule has 0 saturated heterocycles. The summed E-state index contributed by atoms with van der Waals surface area (Å²) in [5.74, 6) is 1.08. The number of aromatic nitrogens is 4. The molecule has 8 nitrogen and oxygen atoms in total. The molecule has 3 heterocycles. The maximum atomic E-state index is 14.2.